The van der Waals surface area contributed by atoms with Crippen molar-refractivity contribution in [3.05, 3.63) is 0 Å². The van der Waals surface area contributed by atoms with Gasteiger partial charge in [0.2, 0.25) is 5.91 Å². The smallest absolute Gasteiger partial charge is 0.224 e. The van der Waals surface area contributed by atoms with E-state index in [-0.39, 0.29) is 23.5 Å². The number of carbonyl (C=O) groups excluding carboxylic acids is 1. The van der Waals surface area contributed by atoms with E-state index < -0.39 is 9.84 Å². The molecular formula is C11H20N2O3S2. The lowest BCUT2D eigenvalue weighted by Gasteiger charge is -2.26. The third-order valence-electron chi connectivity index (χ3n) is 3.30. The Morgan fingerprint density at radius 3 is 2.94 bits per heavy atom. The molecule has 1 atom stereocenters. The quantitative estimate of drug-likeness (QED) is 0.759. The molecule has 0 saturated carbocycles. The maximum absolute atomic E-state index is 12.1. The molecule has 0 aromatic heterocycles. The Morgan fingerprint density at radius 1 is 1.33 bits per heavy atom. The van der Waals surface area contributed by atoms with Crippen LogP contribution in [0.5, 0.6) is 0 Å². The van der Waals surface area contributed by atoms with Crippen LogP contribution in [-0.2, 0) is 14.6 Å². The van der Waals surface area contributed by atoms with E-state index in [1.54, 1.807) is 0 Å². The molecule has 2 saturated heterocycles. The molecule has 104 valence electrons. The van der Waals surface area contributed by atoms with Crippen molar-refractivity contribution in [3.8, 4) is 0 Å². The van der Waals surface area contributed by atoms with Crippen LogP contribution in [0.25, 0.3) is 0 Å². The molecular weight excluding hydrogens is 272 g/mol. The second-order valence-corrected chi connectivity index (χ2v) is 8.27. The minimum atomic E-state index is -2.95. The molecule has 0 bridgehead atoms. The summed E-state index contributed by atoms with van der Waals surface area (Å²) >= 11 is 1.88. The Bertz CT molecular complexity index is 389. The Labute approximate surface area is 113 Å². The summed E-state index contributed by atoms with van der Waals surface area (Å²) in [6.45, 7) is 2.07. The van der Waals surface area contributed by atoms with Gasteiger partial charge in [-0.25, -0.2) is 8.42 Å². The summed E-state index contributed by atoms with van der Waals surface area (Å²) in [7, 11) is -2.95. The van der Waals surface area contributed by atoms with Gasteiger partial charge in [0.1, 0.15) is 0 Å². The first kappa shape index (κ1) is 14.1. The lowest BCUT2D eigenvalue weighted by molar-refractivity contribution is -0.131. The van der Waals surface area contributed by atoms with Crippen molar-refractivity contribution in [1.29, 1.82) is 0 Å². The number of hydrogen-bond donors (Lipinski definition) is 1. The third kappa shape index (κ3) is 4.13. The van der Waals surface area contributed by atoms with Gasteiger partial charge in [-0.05, 0) is 12.2 Å². The lowest BCUT2D eigenvalue weighted by Crippen LogP contribution is -2.48. The number of carbonyl (C=O) groups is 1. The average molecular weight is 292 g/mol. The maximum atomic E-state index is 12.1. The molecule has 0 spiro atoms. The fourth-order valence-electron chi connectivity index (χ4n) is 2.33. The van der Waals surface area contributed by atoms with Crippen LogP contribution in [0.4, 0.5) is 0 Å². The van der Waals surface area contributed by atoms with E-state index in [0.29, 0.717) is 13.0 Å². The van der Waals surface area contributed by atoms with Crippen LogP contribution in [-0.4, -0.2) is 67.9 Å². The van der Waals surface area contributed by atoms with Crippen molar-refractivity contribution < 1.29 is 13.2 Å². The minimum Gasteiger partial charge on any atom is -0.342 e. The van der Waals surface area contributed by atoms with Crippen molar-refractivity contribution in [2.45, 2.75) is 18.9 Å². The molecule has 2 aliphatic rings. The Kier molecular flexibility index (Phi) is 4.91. The molecule has 1 N–H and O–H groups in total. The zero-order chi connectivity index (χ0) is 13.0. The summed E-state index contributed by atoms with van der Waals surface area (Å²) in [6, 6.07) is -0.202. The van der Waals surface area contributed by atoms with Gasteiger partial charge in [0.15, 0.2) is 9.84 Å². The second kappa shape index (κ2) is 6.25. The molecule has 2 heterocycles. The highest BCUT2D eigenvalue weighted by Crippen LogP contribution is 2.13. The fourth-order valence-corrected chi connectivity index (χ4v) is 4.66. The molecule has 1 unspecified atom stereocenters. The van der Waals surface area contributed by atoms with E-state index in [9.17, 15) is 13.2 Å². The number of nitrogens with one attached hydrogen (secondary N) is 1. The summed E-state index contributed by atoms with van der Waals surface area (Å²) in [6.07, 6.45) is 1.34. The fraction of sp³-hybridized carbons (Fsp3) is 0.909. The Balaban J connectivity index is 1.86. The average Bonchev–Trinajstić information content (AvgIpc) is 2.55. The predicted octanol–water partition coefficient (Wildman–Crippen LogP) is -0.271. The van der Waals surface area contributed by atoms with E-state index in [1.807, 2.05) is 16.7 Å². The van der Waals surface area contributed by atoms with Gasteiger partial charge >= 0.3 is 0 Å². The number of thioether (sulfide) groups is 1. The van der Waals surface area contributed by atoms with Crippen molar-refractivity contribution in [2.24, 2.45) is 0 Å². The highest BCUT2D eigenvalue weighted by molar-refractivity contribution is 7.99. The summed E-state index contributed by atoms with van der Waals surface area (Å²) in [4.78, 5) is 14.0. The normalized spacial score (nSPS) is 28.7. The SMILES string of the molecule is O=C(CC1CS(=O)(=O)CCN1)N1CCCSCC1. The largest absolute Gasteiger partial charge is 0.342 e. The first-order valence-corrected chi connectivity index (χ1v) is 9.34. The van der Waals surface area contributed by atoms with Crippen LogP contribution in [0.3, 0.4) is 0 Å². The monoisotopic (exact) mass is 292 g/mol. The van der Waals surface area contributed by atoms with Crippen LogP contribution in [0.1, 0.15) is 12.8 Å². The highest BCUT2D eigenvalue weighted by Gasteiger charge is 2.27. The van der Waals surface area contributed by atoms with Gasteiger partial charge in [-0.3, -0.25) is 4.79 Å². The summed E-state index contributed by atoms with van der Waals surface area (Å²) in [5, 5.41) is 3.13. The molecule has 2 rings (SSSR count). The number of nitrogens with zero attached hydrogens (tertiary/aromatic N) is 1. The molecule has 18 heavy (non-hydrogen) atoms. The van der Waals surface area contributed by atoms with Gasteiger partial charge < -0.3 is 10.2 Å². The number of amides is 1. The van der Waals surface area contributed by atoms with E-state index in [1.165, 1.54) is 0 Å². The zero-order valence-corrected chi connectivity index (χ0v) is 12.1. The standard InChI is InChI=1S/C11H20N2O3S2/c14-11(13-3-1-5-17-6-4-13)8-10-9-18(15,16)7-2-12-10/h10,12H,1-9H2. The molecule has 0 aromatic rings. The van der Waals surface area contributed by atoms with E-state index in [0.717, 1.165) is 31.0 Å². The zero-order valence-electron chi connectivity index (χ0n) is 10.4. The molecule has 0 aliphatic carbocycles. The van der Waals surface area contributed by atoms with Crippen LogP contribution in [0, 0.1) is 0 Å². The molecule has 2 fully saturated rings. The number of rotatable bonds is 2. The number of hydrogen-bond acceptors (Lipinski definition) is 5. The van der Waals surface area contributed by atoms with Crippen LogP contribution < -0.4 is 5.32 Å². The van der Waals surface area contributed by atoms with Crippen LogP contribution >= 0.6 is 11.8 Å². The van der Waals surface area contributed by atoms with Gasteiger partial charge in [-0.1, -0.05) is 0 Å². The number of sulfone groups is 1. The maximum Gasteiger partial charge on any atom is 0.224 e. The van der Waals surface area contributed by atoms with Gasteiger partial charge in [0.25, 0.3) is 0 Å². The van der Waals surface area contributed by atoms with E-state index >= 15 is 0 Å². The summed E-state index contributed by atoms with van der Waals surface area (Å²) in [5.74, 6) is 2.48. The minimum absolute atomic E-state index is 0.0899. The van der Waals surface area contributed by atoms with Crippen molar-refractivity contribution in [1.82, 2.24) is 10.2 Å². The van der Waals surface area contributed by atoms with Crippen LogP contribution in [0.15, 0.2) is 0 Å². The summed E-state index contributed by atoms with van der Waals surface area (Å²) in [5.41, 5.74) is 0. The summed E-state index contributed by atoms with van der Waals surface area (Å²) < 4.78 is 23.0. The predicted molar refractivity (Wildman–Crippen MR) is 73.6 cm³/mol. The van der Waals surface area contributed by atoms with Crippen LogP contribution in [0.2, 0.25) is 0 Å². The van der Waals surface area contributed by atoms with Gasteiger partial charge in [-0.2, -0.15) is 11.8 Å². The van der Waals surface area contributed by atoms with Crippen molar-refractivity contribution in [3.63, 3.8) is 0 Å². The molecule has 2 aliphatic heterocycles. The van der Waals surface area contributed by atoms with Gasteiger partial charge in [0, 0.05) is 37.8 Å². The molecule has 1 amide bonds. The molecule has 0 aromatic carbocycles. The van der Waals surface area contributed by atoms with E-state index in [2.05, 4.69) is 5.32 Å². The molecule has 7 heteroatoms. The lowest BCUT2D eigenvalue weighted by atomic mass is 10.2. The van der Waals surface area contributed by atoms with E-state index in [4.69, 9.17) is 0 Å². The van der Waals surface area contributed by atoms with Crippen molar-refractivity contribution >= 4 is 27.5 Å². The van der Waals surface area contributed by atoms with Gasteiger partial charge in [0.05, 0.1) is 11.5 Å². The first-order chi connectivity index (χ1) is 8.57. The van der Waals surface area contributed by atoms with Crippen molar-refractivity contribution in [2.75, 3.05) is 42.6 Å². The van der Waals surface area contributed by atoms with Gasteiger partial charge in [-0.15, -0.1) is 0 Å². The highest BCUT2D eigenvalue weighted by atomic mass is 32.2. The topological polar surface area (TPSA) is 66.5 Å². The first-order valence-electron chi connectivity index (χ1n) is 6.36. The molecule has 5 nitrogen and oxygen atoms in total. The Hall–Kier alpha value is -0.270. The molecule has 0 radical (unpaired) electrons. The third-order valence-corrected chi connectivity index (χ3v) is 6.08. The second-order valence-electron chi connectivity index (χ2n) is 4.82. The Morgan fingerprint density at radius 2 is 2.17 bits per heavy atom.